The second-order valence-corrected chi connectivity index (χ2v) is 11.1. The molecule has 0 bridgehead atoms. The molecule has 2 amide bonds. The van der Waals surface area contributed by atoms with E-state index in [2.05, 4.69) is 17.2 Å². The number of hydrogen-bond donors (Lipinski definition) is 1. The number of esters is 1. The monoisotopic (exact) mass is 532 g/mol. The van der Waals surface area contributed by atoms with Crippen molar-refractivity contribution in [2.45, 2.75) is 58.1 Å². The highest BCUT2D eigenvalue weighted by Gasteiger charge is 2.36. The highest BCUT2D eigenvalue weighted by Crippen LogP contribution is 2.32. The molecule has 4 rings (SSSR count). The zero-order valence-electron chi connectivity index (χ0n) is 22.2. The fourth-order valence-electron chi connectivity index (χ4n) is 3.57. The van der Waals surface area contributed by atoms with Gasteiger partial charge in [-0.05, 0) is 62.2 Å². The van der Waals surface area contributed by atoms with Gasteiger partial charge in [-0.3, -0.25) is 0 Å². The molecule has 0 atom stereocenters. The van der Waals surface area contributed by atoms with Gasteiger partial charge in [-0.25, -0.2) is 22.3 Å². The molecule has 198 valence electrons. The van der Waals surface area contributed by atoms with Crippen LogP contribution in [-0.4, -0.2) is 30.3 Å². The van der Waals surface area contributed by atoms with E-state index in [1.807, 2.05) is 44.2 Å². The van der Waals surface area contributed by atoms with E-state index in [1.165, 1.54) is 6.07 Å². The molecule has 3 aromatic rings. The van der Waals surface area contributed by atoms with Gasteiger partial charge >= 0.3 is 12.0 Å². The number of hydrogen-bond acceptors (Lipinski definition) is 5. The number of benzene rings is 3. The number of amides is 2. The van der Waals surface area contributed by atoms with Crippen LogP contribution in [0.5, 0.6) is 0 Å². The van der Waals surface area contributed by atoms with Crippen molar-refractivity contribution in [1.82, 2.24) is 4.31 Å². The van der Waals surface area contributed by atoms with Gasteiger partial charge in [-0.1, -0.05) is 68.2 Å². The lowest BCUT2D eigenvalue weighted by atomic mass is 10.1. The molecule has 0 spiro atoms. The van der Waals surface area contributed by atoms with Gasteiger partial charge < -0.3 is 10.1 Å². The van der Waals surface area contributed by atoms with E-state index in [4.69, 9.17) is 4.74 Å². The summed E-state index contributed by atoms with van der Waals surface area (Å²) >= 11 is 0. The lowest BCUT2D eigenvalue weighted by Gasteiger charge is -2.29. The van der Waals surface area contributed by atoms with Crippen LogP contribution in [0.4, 0.5) is 10.5 Å². The lowest BCUT2D eigenvalue weighted by molar-refractivity contribution is 0.00694. The average molecular weight is 533 g/mol. The average Bonchev–Trinajstić information content (AvgIpc) is 2.88. The second kappa shape index (κ2) is 12.0. The predicted octanol–water partition coefficient (Wildman–Crippen LogP) is 6.00. The van der Waals surface area contributed by atoms with Crippen LogP contribution >= 0.6 is 0 Å². The molecule has 0 saturated heterocycles. The number of urea groups is 1. The Morgan fingerprint density at radius 1 is 0.947 bits per heavy atom. The summed E-state index contributed by atoms with van der Waals surface area (Å²) in [6.07, 6.45) is 0.535. The fourth-order valence-corrected chi connectivity index (χ4v) is 5.07. The first-order chi connectivity index (χ1) is 18.0. The highest BCUT2D eigenvalue weighted by molar-refractivity contribution is 7.90. The first-order valence-corrected chi connectivity index (χ1v) is 13.8. The predicted molar refractivity (Wildman–Crippen MR) is 148 cm³/mol. The molecule has 0 saturated carbocycles. The van der Waals surface area contributed by atoms with Crippen molar-refractivity contribution in [2.24, 2.45) is 0 Å². The molecule has 0 fully saturated rings. The summed E-state index contributed by atoms with van der Waals surface area (Å²) in [5.41, 5.74) is 2.06. The SMILES string of the molecule is CC.CC(C)(C)OC(=O)c1ccc(CN2C(=O)Nc3ccc(C#CCc4ccccc4)cc3S2(=O)=O)cc1. The summed E-state index contributed by atoms with van der Waals surface area (Å²) in [6, 6.07) is 20.0. The van der Waals surface area contributed by atoms with Gasteiger partial charge in [0.2, 0.25) is 0 Å². The smallest absolute Gasteiger partial charge is 0.338 e. The number of nitrogens with zero attached hydrogens (tertiary/aromatic N) is 1. The maximum atomic E-state index is 13.3. The van der Waals surface area contributed by atoms with Crippen LogP contribution in [0.3, 0.4) is 0 Å². The summed E-state index contributed by atoms with van der Waals surface area (Å²) in [5, 5.41) is 2.64. The molecule has 0 radical (unpaired) electrons. The lowest BCUT2D eigenvalue weighted by Crippen LogP contribution is -2.43. The molecule has 1 aliphatic heterocycles. The Morgan fingerprint density at radius 2 is 1.61 bits per heavy atom. The van der Waals surface area contributed by atoms with Gasteiger partial charge in [0.25, 0.3) is 10.0 Å². The van der Waals surface area contributed by atoms with E-state index >= 15 is 0 Å². The molecule has 3 aromatic carbocycles. The van der Waals surface area contributed by atoms with Crippen molar-refractivity contribution in [3.8, 4) is 11.8 Å². The molecule has 8 heteroatoms. The molecule has 1 heterocycles. The first-order valence-electron chi connectivity index (χ1n) is 12.4. The van der Waals surface area contributed by atoms with Crippen molar-refractivity contribution in [1.29, 1.82) is 0 Å². The van der Waals surface area contributed by atoms with Crippen LogP contribution in [0.1, 0.15) is 61.7 Å². The number of sulfonamides is 1. The Morgan fingerprint density at radius 3 is 2.24 bits per heavy atom. The van der Waals surface area contributed by atoms with Gasteiger partial charge in [0.1, 0.15) is 10.5 Å². The topological polar surface area (TPSA) is 92.8 Å². The maximum absolute atomic E-state index is 13.3. The number of carbonyl (C=O) groups is 2. The standard InChI is InChI=1S/C28H26N2O5S.C2H6/c1-28(2,3)35-26(31)23-15-12-22(13-16-23)19-30-27(32)29-24-17-14-21(18-25(24)36(30,33)34)11-7-10-20-8-5-4-6-9-20;1-2/h4-6,8-9,12-18H,10,19H2,1-3H3,(H,29,32);1-2H3. The van der Waals surface area contributed by atoms with E-state index in [9.17, 15) is 18.0 Å². The highest BCUT2D eigenvalue weighted by atomic mass is 32.2. The number of nitrogens with one attached hydrogen (secondary N) is 1. The largest absolute Gasteiger partial charge is 0.456 e. The van der Waals surface area contributed by atoms with Crippen LogP contribution in [0.2, 0.25) is 0 Å². The molecule has 0 aliphatic carbocycles. The van der Waals surface area contributed by atoms with Gasteiger partial charge in [0.05, 0.1) is 17.8 Å². The summed E-state index contributed by atoms with van der Waals surface area (Å²) in [5.74, 6) is 5.58. The Labute approximate surface area is 224 Å². The Bertz CT molecular complexity index is 1460. The summed E-state index contributed by atoms with van der Waals surface area (Å²) in [6.45, 7) is 9.14. The third-order valence-electron chi connectivity index (χ3n) is 5.30. The maximum Gasteiger partial charge on any atom is 0.338 e. The number of rotatable bonds is 4. The van der Waals surface area contributed by atoms with E-state index in [0.29, 0.717) is 23.1 Å². The first kappa shape index (κ1) is 28.5. The van der Waals surface area contributed by atoms with Gasteiger partial charge in [0.15, 0.2) is 0 Å². The van der Waals surface area contributed by atoms with Crippen LogP contribution in [-0.2, 0) is 27.7 Å². The van der Waals surface area contributed by atoms with E-state index < -0.39 is 27.6 Å². The normalized spacial score (nSPS) is 13.6. The van der Waals surface area contributed by atoms with Crippen molar-refractivity contribution < 1.29 is 22.7 Å². The quantitative estimate of drug-likeness (QED) is 0.329. The molecule has 0 unspecified atom stereocenters. The van der Waals surface area contributed by atoms with Crippen LogP contribution in [0.15, 0.2) is 77.7 Å². The van der Waals surface area contributed by atoms with Crippen molar-refractivity contribution in [3.05, 3.63) is 95.1 Å². The molecule has 1 aliphatic rings. The zero-order chi connectivity index (χ0) is 27.9. The Hall–Kier alpha value is -4.09. The van der Waals surface area contributed by atoms with E-state index in [-0.39, 0.29) is 17.1 Å². The minimum atomic E-state index is -4.12. The van der Waals surface area contributed by atoms with Crippen molar-refractivity contribution in [3.63, 3.8) is 0 Å². The van der Waals surface area contributed by atoms with E-state index in [1.54, 1.807) is 57.2 Å². The van der Waals surface area contributed by atoms with Crippen LogP contribution in [0, 0.1) is 11.8 Å². The van der Waals surface area contributed by atoms with E-state index in [0.717, 1.165) is 9.87 Å². The minimum Gasteiger partial charge on any atom is -0.456 e. The fraction of sp³-hybridized carbons (Fsp3) is 0.267. The Balaban J connectivity index is 0.00000195. The molecule has 38 heavy (non-hydrogen) atoms. The second-order valence-electron chi connectivity index (χ2n) is 9.32. The molecule has 0 aromatic heterocycles. The van der Waals surface area contributed by atoms with Gasteiger partial charge in [0, 0.05) is 12.0 Å². The molecular formula is C30H32N2O5S. The molecule has 1 N–H and O–H groups in total. The molecular weight excluding hydrogens is 500 g/mol. The summed E-state index contributed by atoms with van der Waals surface area (Å²) < 4.78 is 32.8. The number of carbonyl (C=O) groups excluding carboxylic acids is 2. The van der Waals surface area contributed by atoms with Crippen molar-refractivity contribution in [2.75, 3.05) is 5.32 Å². The molecule has 7 nitrogen and oxygen atoms in total. The minimum absolute atomic E-state index is 0.0148. The number of fused-ring (bicyclic) bond motifs is 1. The zero-order valence-corrected chi connectivity index (χ0v) is 23.1. The number of anilines is 1. The summed E-state index contributed by atoms with van der Waals surface area (Å²) in [4.78, 5) is 24.9. The third-order valence-corrected chi connectivity index (χ3v) is 7.07. The Kier molecular flexibility index (Phi) is 8.97. The van der Waals surface area contributed by atoms with Crippen LogP contribution < -0.4 is 5.32 Å². The van der Waals surface area contributed by atoms with Gasteiger partial charge in [-0.2, -0.15) is 0 Å². The summed E-state index contributed by atoms with van der Waals surface area (Å²) in [7, 11) is -4.12. The number of ether oxygens (including phenoxy) is 1. The third kappa shape index (κ3) is 7.02. The van der Waals surface area contributed by atoms with Gasteiger partial charge in [-0.15, -0.1) is 0 Å². The van der Waals surface area contributed by atoms with Crippen LogP contribution in [0.25, 0.3) is 0 Å². The van der Waals surface area contributed by atoms with Crippen molar-refractivity contribution >= 4 is 27.7 Å².